The topological polar surface area (TPSA) is 33.3 Å². The van der Waals surface area contributed by atoms with Crippen LogP contribution in [-0.4, -0.2) is 26.2 Å². The van der Waals surface area contributed by atoms with Crippen LogP contribution in [0, 0.1) is 0 Å². The molecule has 1 aromatic carbocycles. The summed E-state index contributed by atoms with van der Waals surface area (Å²) in [5, 5.41) is 6.70. The van der Waals surface area contributed by atoms with Crippen LogP contribution in [-0.2, 0) is 0 Å². The molecule has 0 aliphatic carbocycles. The van der Waals surface area contributed by atoms with Crippen molar-refractivity contribution in [2.75, 3.05) is 25.5 Å². The number of rotatable bonds is 6. The van der Waals surface area contributed by atoms with E-state index in [-0.39, 0.29) is 0 Å². The van der Waals surface area contributed by atoms with Crippen molar-refractivity contribution in [1.29, 1.82) is 0 Å². The lowest BCUT2D eigenvalue weighted by Gasteiger charge is -2.13. The summed E-state index contributed by atoms with van der Waals surface area (Å²) in [5.41, 5.74) is 1.02. The number of nitrogens with one attached hydrogen (secondary N) is 2. The lowest BCUT2D eigenvalue weighted by Crippen LogP contribution is -2.28. The van der Waals surface area contributed by atoms with Gasteiger partial charge in [0.15, 0.2) is 0 Å². The number of benzene rings is 1. The Morgan fingerprint density at radius 3 is 2.69 bits per heavy atom. The van der Waals surface area contributed by atoms with Gasteiger partial charge in [-0.25, -0.2) is 0 Å². The second-order valence-corrected chi connectivity index (χ2v) is 4.80. The van der Waals surface area contributed by atoms with Crippen molar-refractivity contribution in [2.45, 2.75) is 19.9 Å². The molecule has 0 saturated heterocycles. The fraction of sp³-hybridized carbons (Fsp3) is 0.500. The zero-order valence-corrected chi connectivity index (χ0v) is 11.6. The minimum atomic E-state index is 0.520. The van der Waals surface area contributed by atoms with Crippen molar-refractivity contribution in [2.24, 2.45) is 0 Å². The molecule has 0 aromatic heterocycles. The first-order valence-corrected chi connectivity index (χ1v) is 6.23. The Hall–Kier alpha value is -0.740. The summed E-state index contributed by atoms with van der Waals surface area (Å²) in [6, 6.07) is 6.46. The normalized spacial score (nSPS) is 10.6. The number of ether oxygens (including phenoxy) is 1. The molecule has 0 bridgehead atoms. The third-order valence-corrected chi connectivity index (χ3v) is 2.65. The molecule has 0 heterocycles. The van der Waals surface area contributed by atoms with E-state index in [9.17, 15) is 0 Å². The molecule has 90 valence electrons. The van der Waals surface area contributed by atoms with E-state index in [1.54, 1.807) is 7.11 Å². The standard InChI is InChI=1S/C12H19BrN2O/c1-9(2)14-6-7-15-11-8-10(13)4-5-12(11)16-3/h4-5,8-9,14-15H,6-7H2,1-3H3. The van der Waals surface area contributed by atoms with E-state index in [2.05, 4.69) is 40.4 Å². The predicted molar refractivity (Wildman–Crippen MR) is 72.3 cm³/mol. The summed E-state index contributed by atoms with van der Waals surface area (Å²) in [6.45, 7) is 6.09. The molecule has 4 heteroatoms. The van der Waals surface area contributed by atoms with Gasteiger partial charge in [0.05, 0.1) is 12.8 Å². The molecule has 0 aliphatic heterocycles. The van der Waals surface area contributed by atoms with Gasteiger partial charge in [-0.05, 0) is 18.2 Å². The number of hydrogen-bond donors (Lipinski definition) is 2. The van der Waals surface area contributed by atoms with Crippen LogP contribution in [0.25, 0.3) is 0 Å². The maximum absolute atomic E-state index is 5.27. The molecule has 1 aromatic rings. The fourth-order valence-corrected chi connectivity index (χ4v) is 1.74. The van der Waals surface area contributed by atoms with E-state index in [4.69, 9.17) is 4.74 Å². The lowest BCUT2D eigenvalue weighted by atomic mass is 10.3. The van der Waals surface area contributed by atoms with Crippen molar-refractivity contribution in [3.63, 3.8) is 0 Å². The molecule has 0 atom stereocenters. The zero-order chi connectivity index (χ0) is 12.0. The Bertz CT molecular complexity index is 329. The van der Waals surface area contributed by atoms with E-state index < -0.39 is 0 Å². The first-order valence-electron chi connectivity index (χ1n) is 5.44. The van der Waals surface area contributed by atoms with Crippen molar-refractivity contribution in [3.8, 4) is 5.75 Å². The highest BCUT2D eigenvalue weighted by molar-refractivity contribution is 9.10. The molecule has 0 saturated carbocycles. The van der Waals surface area contributed by atoms with Crippen LogP contribution in [0.1, 0.15) is 13.8 Å². The Morgan fingerprint density at radius 2 is 2.06 bits per heavy atom. The van der Waals surface area contributed by atoms with Crippen LogP contribution in [0.2, 0.25) is 0 Å². The molecule has 16 heavy (non-hydrogen) atoms. The van der Waals surface area contributed by atoms with Crippen LogP contribution in [0.15, 0.2) is 22.7 Å². The number of methoxy groups -OCH3 is 1. The van der Waals surface area contributed by atoms with Crippen LogP contribution < -0.4 is 15.4 Å². The predicted octanol–water partition coefficient (Wildman–Crippen LogP) is 2.87. The van der Waals surface area contributed by atoms with Crippen molar-refractivity contribution in [3.05, 3.63) is 22.7 Å². The zero-order valence-electron chi connectivity index (χ0n) is 10.0. The van der Waals surface area contributed by atoms with Gasteiger partial charge in [0.25, 0.3) is 0 Å². The smallest absolute Gasteiger partial charge is 0.142 e. The quantitative estimate of drug-likeness (QED) is 0.789. The minimum Gasteiger partial charge on any atom is -0.495 e. The van der Waals surface area contributed by atoms with Crippen molar-refractivity contribution < 1.29 is 4.74 Å². The third kappa shape index (κ3) is 4.41. The first kappa shape index (κ1) is 13.3. The number of hydrogen-bond acceptors (Lipinski definition) is 3. The van der Waals surface area contributed by atoms with E-state index in [0.717, 1.165) is 29.0 Å². The van der Waals surface area contributed by atoms with Gasteiger partial charge in [0.1, 0.15) is 5.75 Å². The highest BCUT2D eigenvalue weighted by Gasteiger charge is 2.02. The highest BCUT2D eigenvalue weighted by atomic mass is 79.9. The maximum Gasteiger partial charge on any atom is 0.142 e. The van der Waals surface area contributed by atoms with Gasteiger partial charge in [0.2, 0.25) is 0 Å². The molecule has 2 N–H and O–H groups in total. The van der Waals surface area contributed by atoms with Crippen LogP contribution in [0.5, 0.6) is 5.75 Å². The monoisotopic (exact) mass is 286 g/mol. The number of halogens is 1. The van der Waals surface area contributed by atoms with Gasteiger partial charge >= 0.3 is 0 Å². The third-order valence-electron chi connectivity index (χ3n) is 2.15. The first-order chi connectivity index (χ1) is 7.63. The Balaban J connectivity index is 2.48. The van der Waals surface area contributed by atoms with Gasteiger partial charge in [-0.3, -0.25) is 0 Å². The SMILES string of the molecule is COc1ccc(Br)cc1NCCNC(C)C. The van der Waals surface area contributed by atoms with E-state index in [0.29, 0.717) is 6.04 Å². The van der Waals surface area contributed by atoms with Gasteiger partial charge in [-0.1, -0.05) is 29.8 Å². The Kier molecular flexibility index (Phi) is 5.63. The maximum atomic E-state index is 5.27. The lowest BCUT2D eigenvalue weighted by molar-refractivity contribution is 0.416. The van der Waals surface area contributed by atoms with Gasteiger partial charge in [-0.2, -0.15) is 0 Å². The second-order valence-electron chi connectivity index (χ2n) is 3.88. The highest BCUT2D eigenvalue weighted by Crippen LogP contribution is 2.27. The molecule has 0 unspecified atom stereocenters. The summed E-state index contributed by atoms with van der Waals surface area (Å²) in [5.74, 6) is 0.868. The van der Waals surface area contributed by atoms with Crippen LogP contribution in [0.4, 0.5) is 5.69 Å². The summed E-state index contributed by atoms with van der Waals surface area (Å²) in [7, 11) is 1.68. The molecular weight excluding hydrogens is 268 g/mol. The average molecular weight is 287 g/mol. The largest absolute Gasteiger partial charge is 0.495 e. The summed E-state index contributed by atoms with van der Waals surface area (Å²) in [4.78, 5) is 0. The fourth-order valence-electron chi connectivity index (χ4n) is 1.38. The molecule has 1 rings (SSSR count). The summed E-state index contributed by atoms with van der Waals surface area (Å²) < 4.78 is 6.32. The van der Waals surface area contributed by atoms with Crippen LogP contribution >= 0.6 is 15.9 Å². The molecule has 3 nitrogen and oxygen atoms in total. The second kappa shape index (κ2) is 6.76. The van der Waals surface area contributed by atoms with Gasteiger partial charge in [0, 0.05) is 23.6 Å². The molecule has 0 spiro atoms. The number of anilines is 1. The molecule has 0 fully saturated rings. The van der Waals surface area contributed by atoms with E-state index in [1.807, 2.05) is 18.2 Å². The minimum absolute atomic E-state index is 0.520. The summed E-state index contributed by atoms with van der Waals surface area (Å²) >= 11 is 3.45. The van der Waals surface area contributed by atoms with Gasteiger partial charge < -0.3 is 15.4 Å². The van der Waals surface area contributed by atoms with Crippen LogP contribution in [0.3, 0.4) is 0 Å². The average Bonchev–Trinajstić information content (AvgIpc) is 2.24. The molecule has 0 radical (unpaired) electrons. The van der Waals surface area contributed by atoms with Crippen molar-refractivity contribution in [1.82, 2.24) is 5.32 Å². The Labute approximate surface area is 106 Å². The summed E-state index contributed by atoms with van der Waals surface area (Å²) in [6.07, 6.45) is 0. The Morgan fingerprint density at radius 1 is 1.31 bits per heavy atom. The van der Waals surface area contributed by atoms with E-state index in [1.165, 1.54) is 0 Å². The molecular formula is C12H19BrN2O. The van der Waals surface area contributed by atoms with Crippen molar-refractivity contribution >= 4 is 21.6 Å². The molecule has 0 aliphatic rings. The van der Waals surface area contributed by atoms with Gasteiger partial charge in [-0.15, -0.1) is 0 Å². The molecule has 0 amide bonds. The van der Waals surface area contributed by atoms with E-state index >= 15 is 0 Å².